The third kappa shape index (κ3) is 1.60. The van der Waals surface area contributed by atoms with Crippen molar-refractivity contribution in [2.45, 2.75) is 13.0 Å². The van der Waals surface area contributed by atoms with Gasteiger partial charge in [-0.15, -0.1) is 0 Å². The van der Waals surface area contributed by atoms with E-state index in [1.54, 1.807) is 0 Å². The maximum Gasteiger partial charge on any atom is 0.407 e. The quantitative estimate of drug-likeness (QED) is 0.796. The number of aromatic nitrogens is 2. The Hall–Kier alpha value is -1.72. The highest BCUT2D eigenvalue weighted by Gasteiger charge is 2.34. The van der Waals surface area contributed by atoms with E-state index in [4.69, 9.17) is 5.11 Å². The number of aryl methyl sites for hydroxylation is 1. The van der Waals surface area contributed by atoms with Gasteiger partial charge in [-0.2, -0.15) is 0 Å². The summed E-state index contributed by atoms with van der Waals surface area (Å²) in [6, 6.07) is 0.233. The molecule has 2 heterocycles. The van der Waals surface area contributed by atoms with Gasteiger partial charge < -0.3 is 19.5 Å². The van der Waals surface area contributed by atoms with E-state index in [1.165, 1.54) is 4.90 Å². The summed E-state index contributed by atoms with van der Waals surface area (Å²) in [4.78, 5) is 18.4. The van der Waals surface area contributed by atoms with Crippen molar-refractivity contribution in [3.63, 3.8) is 0 Å². The SMILES string of the molecule is Cc1cnc(N(C)C2CN(C(=O)O)C2)n1C. The number of carboxylic acid groups (broad SMARTS) is 1. The monoisotopic (exact) mass is 224 g/mol. The maximum absolute atomic E-state index is 10.6. The van der Waals surface area contributed by atoms with E-state index < -0.39 is 6.09 Å². The van der Waals surface area contributed by atoms with Gasteiger partial charge in [0.1, 0.15) is 0 Å². The number of imidazole rings is 1. The molecule has 1 N–H and O–H groups in total. The molecule has 1 aliphatic heterocycles. The van der Waals surface area contributed by atoms with Crippen molar-refractivity contribution in [2.75, 3.05) is 25.0 Å². The van der Waals surface area contributed by atoms with Crippen LogP contribution < -0.4 is 4.90 Å². The molecule has 0 bridgehead atoms. The van der Waals surface area contributed by atoms with Gasteiger partial charge >= 0.3 is 6.09 Å². The molecule has 0 atom stereocenters. The summed E-state index contributed by atoms with van der Waals surface area (Å²) in [6.45, 7) is 3.10. The second-order valence-corrected chi connectivity index (χ2v) is 4.21. The van der Waals surface area contributed by atoms with Crippen LogP contribution in [-0.4, -0.2) is 51.8 Å². The van der Waals surface area contributed by atoms with E-state index in [0.717, 1.165) is 11.6 Å². The van der Waals surface area contributed by atoms with E-state index in [2.05, 4.69) is 4.98 Å². The maximum atomic E-state index is 10.6. The highest BCUT2D eigenvalue weighted by molar-refractivity contribution is 5.66. The summed E-state index contributed by atoms with van der Waals surface area (Å²) >= 11 is 0. The highest BCUT2D eigenvalue weighted by Crippen LogP contribution is 2.20. The van der Waals surface area contributed by atoms with Gasteiger partial charge in [0.25, 0.3) is 0 Å². The minimum absolute atomic E-state index is 0.233. The lowest BCUT2D eigenvalue weighted by Gasteiger charge is -2.42. The molecule has 1 saturated heterocycles. The lowest BCUT2D eigenvalue weighted by atomic mass is 10.1. The zero-order valence-corrected chi connectivity index (χ0v) is 9.71. The molecule has 6 heteroatoms. The zero-order valence-electron chi connectivity index (χ0n) is 9.71. The summed E-state index contributed by atoms with van der Waals surface area (Å²) in [5.41, 5.74) is 1.09. The smallest absolute Gasteiger partial charge is 0.407 e. The van der Waals surface area contributed by atoms with Gasteiger partial charge in [0.05, 0.1) is 12.2 Å². The van der Waals surface area contributed by atoms with E-state index in [1.807, 2.05) is 36.7 Å². The molecule has 1 aromatic rings. The lowest BCUT2D eigenvalue weighted by molar-refractivity contribution is 0.105. The normalized spacial score (nSPS) is 16.1. The van der Waals surface area contributed by atoms with E-state index in [9.17, 15) is 4.79 Å². The number of hydrogen-bond donors (Lipinski definition) is 1. The molecule has 6 nitrogen and oxygen atoms in total. The Kier molecular flexibility index (Phi) is 2.49. The topological polar surface area (TPSA) is 61.6 Å². The van der Waals surface area contributed by atoms with Gasteiger partial charge in [0.15, 0.2) is 0 Å². The molecule has 0 radical (unpaired) electrons. The number of hydrogen-bond acceptors (Lipinski definition) is 3. The van der Waals surface area contributed by atoms with Crippen LogP contribution in [-0.2, 0) is 7.05 Å². The molecule has 0 spiro atoms. The summed E-state index contributed by atoms with van der Waals surface area (Å²) in [7, 11) is 3.91. The van der Waals surface area contributed by atoms with E-state index in [0.29, 0.717) is 13.1 Å². The van der Waals surface area contributed by atoms with Crippen LogP contribution in [0.25, 0.3) is 0 Å². The molecule has 1 aliphatic rings. The van der Waals surface area contributed by atoms with Crippen LogP contribution in [0.2, 0.25) is 0 Å². The Morgan fingerprint density at radius 2 is 2.25 bits per heavy atom. The third-order valence-electron chi connectivity index (χ3n) is 3.19. The molecule has 1 aromatic heterocycles. The average Bonchev–Trinajstić information content (AvgIpc) is 2.44. The Bertz CT molecular complexity index is 409. The number of likely N-dealkylation sites (N-methyl/N-ethyl adjacent to an activating group) is 1. The summed E-state index contributed by atoms with van der Waals surface area (Å²) in [6.07, 6.45) is 0.972. The molecule has 88 valence electrons. The van der Waals surface area contributed by atoms with Crippen LogP contribution in [0.15, 0.2) is 6.20 Å². The van der Waals surface area contributed by atoms with Crippen molar-refractivity contribution in [3.05, 3.63) is 11.9 Å². The number of likely N-dealkylation sites (tertiary alicyclic amines) is 1. The number of amides is 1. The molecule has 0 aromatic carbocycles. The van der Waals surface area contributed by atoms with Gasteiger partial charge in [0, 0.05) is 32.9 Å². The molecule has 1 amide bonds. The lowest BCUT2D eigenvalue weighted by Crippen LogP contribution is -2.60. The van der Waals surface area contributed by atoms with Gasteiger partial charge in [-0.05, 0) is 6.92 Å². The molecule has 2 rings (SSSR count). The fraction of sp³-hybridized carbons (Fsp3) is 0.600. The highest BCUT2D eigenvalue weighted by atomic mass is 16.4. The fourth-order valence-corrected chi connectivity index (χ4v) is 1.83. The molecular formula is C10H16N4O2. The summed E-state index contributed by atoms with van der Waals surface area (Å²) in [5, 5.41) is 8.75. The van der Waals surface area contributed by atoms with Crippen molar-refractivity contribution in [1.29, 1.82) is 0 Å². The standard InChI is InChI=1S/C10H16N4O2/c1-7-4-11-9(12(7)2)13(3)8-5-14(6-8)10(15)16/h4,8H,5-6H2,1-3H3,(H,15,16). The first-order chi connectivity index (χ1) is 7.50. The van der Waals surface area contributed by atoms with Crippen molar-refractivity contribution in [1.82, 2.24) is 14.5 Å². The third-order valence-corrected chi connectivity index (χ3v) is 3.19. The number of anilines is 1. The Balaban J connectivity index is 2.02. The Labute approximate surface area is 94.1 Å². The molecule has 16 heavy (non-hydrogen) atoms. The van der Waals surface area contributed by atoms with Gasteiger partial charge in [0.2, 0.25) is 5.95 Å². The largest absolute Gasteiger partial charge is 0.465 e. The van der Waals surface area contributed by atoms with Crippen LogP contribution >= 0.6 is 0 Å². The first kappa shape index (κ1) is 10.8. The van der Waals surface area contributed by atoms with Gasteiger partial charge in [-0.25, -0.2) is 9.78 Å². The number of rotatable bonds is 2. The minimum atomic E-state index is -0.847. The summed E-state index contributed by atoms with van der Waals surface area (Å²) < 4.78 is 2.00. The first-order valence-corrected chi connectivity index (χ1v) is 5.19. The van der Waals surface area contributed by atoms with Crippen molar-refractivity contribution >= 4 is 12.0 Å². The van der Waals surface area contributed by atoms with E-state index in [-0.39, 0.29) is 6.04 Å². The molecular weight excluding hydrogens is 208 g/mol. The predicted octanol–water partition coefficient (Wildman–Crippen LogP) is 0.527. The van der Waals surface area contributed by atoms with Crippen LogP contribution in [0.4, 0.5) is 10.7 Å². The minimum Gasteiger partial charge on any atom is -0.465 e. The molecule has 1 fully saturated rings. The zero-order chi connectivity index (χ0) is 11.9. The van der Waals surface area contributed by atoms with Crippen LogP contribution in [0.5, 0.6) is 0 Å². The number of nitrogens with zero attached hydrogens (tertiary/aromatic N) is 4. The molecule has 0 saturated carbocycles. The van der Waals surface area contributed by atoms with Crippen molar-refractivity contribution < 1.29 is 9.90 Å². The Morgan fingerprint density at radius 1 is 1.62 bits per heavy atom. The van der Waals surface area contributed by atoms with Crippen LogP contribution in [0.3, 0.4) is 0 Å². The van der Waals surface area contributed by atoms with Crippen LogP contribution in [0.1, 0.15) is 5.69 Å². The second kappa shape index (κ2) is 3.70. The van der Waals surface area contributed by atoms with Gasteiger partial charge in [-0.3, -0.25) is 0 Å². The van der Waals surface area contributed by atoms with E-state index >= 15 is 0 Å². The van der Waals surface area contributed by atoms with Gasteiger partial charge in [-0.1, -0.05) is 0 Å². The first-order valence-electron chi connectivity index (χ1n) is 5.19. The molecule has 0 aliphatic carbocycles. The molecule has 0 unspecified atom stereocenters. The van der Waals surface area contributed by atoms with Crippen molar-refractivity contribution in [2.24, 2.45) is 7.05 Å². The fourth-order valence-electron chi connectivity index (χ4n) is 1.83. The Morgan fingerprint density at radius 3 is 2.69 bits per heavy atom. The summed E-state index contributed by atoms with van der Waals surface area (Å²) in [5.74, 6) is 0.882. The number of carbonyl (C=O) groups is 1. The van der Waals surface area contributed by atoms with Crippen LogP contribution in [0, 0.1) is 6.92 Å². The van der Waals surface area contributed by atoms with Crippen molar-refractivity contribution in [3.8, 4) is 0 Å². The average molecular weight is 224 g/mol. The second-order valence-electron chi connectivity index (χ2n) is 4.21. The predicted molar refractivity (Wildman–Crippen MR) is 59.7 cm³/mol.